The summed E-state index contributed by atoms with van der Waals surface area (Å²) in [7, 11) is 0. The lowest BCUT2D eigenvalue weighted by molar-refractivity contribution is 0.0687. The molecule has 0 radical (unpaired) electrons. The second kappa shape index (κ2) is 4.39. The van der Waals surface area contributed by atoms with Crippen LogP contribution in [0.4, 0.5) is 0 Å². The average molecular weight is 271 g/mol. The van der Waals surface area contributed by atoms with E-state index in [1.165, 1.54) is 10.7 Å². The smallest absolute Gasteiger partial charge is 0.354 e. The maximum Gasteiger partial charge on any atom is 0.354 e. The molecule has 0 saturated carbocycles. The molecule has 0 spiro atoms. The van der Waals surface area contributed by atoms with Crippen molar-refractivity contribution in [2.75, 3.05) is 0 Å². The molecule has 0 amide bonds. The number of para-hydroxylation sites is 1. The molecule has 0 atom stereocenters. The minimum Gasteiger partial charge on any atom is -0.477 e. The highest BCUT2D eigenvalue weighted by atomic mass is 35.5. The fourth-order valence-corrected chi connectivity index (χ4v) is 2.07. The first-order valence-corrected chi connectivity index (χ1v) is 5.50. The molecule has 0 bridgehead atoms. The molecular formula is C11H8Cl2N2O2. The van der Waals surface area contributed by atoms with Crippen LogP contribution in [0.15, 0.2) is 24.3 Å². The maximum absolute atomic E-state index is 11.1. The standard InChI is InChI=1S/C11H8Cl2N2O2/c1-6-5-9(11(16)17)15(14-6)10-7(12)3-2-4-8(10)13/h2-5H,1H3,(H,16,17). The number of rotatable bonds is 2. The van der Waals surface area contributed by atoms with Gasteiger partial charge in [-0.05, 0) is 25.1 Å². The van der Waals surface area contributed by atoms with Gasteiger partial charge in [0.05, 0.1) is 15.7 Å². The van der Waals surface area contributed by atoms with Gasteiger partial charge in [-0.3, -0.25) is 0 Å². The average Bonchev–Trinajstić information content (AvgIpc) is 2.60. The lowest BCUT2D eigenvalue weighted by Gasteiger charge is -2.08. The van der Waals surface area contributed by atoms with Crippen molar-refractivity contribution < 1.29 is 9.90 Å². The molecule has 88 valence electrons. The highest BCUT2D eigenvalue weighted by molar-refractivity contribution is 6.37. The van der Waals surface area contributed by atoms with Crippen LogP contribution in [0.1, 0.15) is 16.2 Å². The number of hydrogen-bond donors (Lipinski definition) is 1. The summed E-state index contributed by atoms with van der Waals surface area (Å²) in [5.41, 5.74) is 0.984. The van der Waals surface area contributed by atoms with Crippen molar-refractivity contribution in [2.24, 2.45) is 0 Å². The van der Waals surface area contributed by atoms with Gasteiger partial charge in [0, 0.05) is 0 Å². The molecule has 2 aromatic rings. The molecule has 1 aromatic carbocycles. The molecule has 1 aromatic heterocycles. The number of aryl methyl sites for hydroxylation is 1. The lowest BCUT2D eigenvalue weighted by Crippen LogP contribution is -2.08. The molecule has 0 unspecified atom stereocenters. The number of aromatic nitrogens is 2. The quantitative estimate of drug-likeness (QED) is 0.912. The van der Waals surface area contributed by atoms with E-state index in [1.54, 1.807) is 25.1 Å². The number of hydrogen-bond acceptors (Lipinski definition) is 2. The molecule has 1 N–H and O–H groups in total. The highest BCUT2D eigenvalue weighted by Gasteiger charge is 2.18. The zero-order chi connectivity index (χ0) is 12.6. The second-order valence-electron chi connectivity index (χ2n) is 3.46. The fourth-order valence-electron chi connectivity index (χ4n) is 1.51. The van der Waals surface area contributed by atoms with Crippen LogP contribution in [0.5, 0.6) is 0 Å². The van der Waals surface area contributed by atoms with Crippen LogP contribution < -0.4 is 0 Å². The summed E-state index contributed by atoms with van der Waals surface area (Å²) in [6.07, 6.45) is 0. The SMILES string of the molecule is Cc1cc(C(=O)O)n(-c2c(Cl)cccc2Cl)n1. The summed E-state index contributed by atoms with van der Waals surface area (Å²) in [5, 5.41) is 13.9. The van der Waals surface area contributed by atoms with E-state index in [1.807, 2.05) is 0 Å². The number of carbonyl (C=O) groups is 1. The predicted octanol–water partition coefficient (Wildman–Crippen LogP) is 3.19. The van der Waals surface area contributed by atoms with E-state index < -0.39 is 5.97 Å². The van der Waals surface area contributed by atoms with E-state index in [9.17, 15) is 4.79 Å². The molecule has 0 aliphatic heterocycles. The Morgan fingerprint density at radius 2 is 1.94 bits per heavy atom. The molecule has 2 rings (SSSR count). The summed E-state index contributed by atoms with van der Waals surface area (Å²) in [6, 6.07) is 6.41. The van der Waals surface area contributed by atoms with Crippen molar-refractivity contribution in [3.8, 4) is 5.69 Å². The molecule has 1 heterocycles. The largest absolute Gasteiger partial charge is 0.477 e. The number of aromatic carboxylic acids is 1. The number of nitrogens with zero attached hydrogens (tertiary/aromatic N) is 2. The summed E-state index contributed by atoms with van der Waals surface area (Å²) in [6.45, 7) is 1.70. The van der Waals surface area contributed by atoms with E-state index in [2.05, 4.69) is 5.10 Å². The fraction of sp³-hybridized carbons (Fsp3) is 0.0909. The van der Waals surface area contributed by atoms with Crippen molar-refractivity contribution in [1.29, 1.82) is 0 Å². The van der Waals surface area contributed by atoms with Crippen LogP contribution in [-0.4, -0.2) is 20.9 Å². The first kappa shape index (κ1) is 12.0. The normalized spacial score (nSPS) is 10.5. The Morgan fingerprint density at radius 3 is 2.47 bits per heavy atom. The molecule has 0 saturated heterocycles. The third-order valence-electron chi connectivity index (χ3n) is 2.20. The Morgan fingerprint density at radius 1 is 1.35 bits per heavy atom. The number of carboxylic acid groups (broad SMARTS) is 1. The van der Waals surface area contributed by atoms with Gasteiger partial charge in [-0.1, -0.05) is 29.3 Å². The van der Waals surface area contributed by atoms with Gasteiger partial charge >= 0.3 is 5.97 Å². The van der Waals surface area contributed by atoms with Gasteiger partial charge in [-0.15, -0.1) is 0 Å². The molecule has 6 heteroatoms. The van der Waals surface area contributed by atoms with E-state index >= 15 is 0 Å². The Kier molecular flexibility index (Phi) is 3.09. The van der Waals surface area contributed by atoms with E-state index in [-0.39, 0.29) is 5.69 Å². The summed E-state index contributed by atoms with van der Waals surface area (Å²) in [5.74, 6) is -1.08. The van der Waals surface area contributed by atoms with Crippen LogP contribution in [0.25, 0.3) is 5.69 Å². The van der Waals surface area contributed by atoms with Crippen molar-refractivity contribution in [3.63, 3.8) is 0 Å². The van der Waals surface area contributed by atoms with Crippen LogP contribution in [0, 0.1) is 6.92 Å². The van der Waals surface area contributed by atoms with Crippen LogP contribution in [0.2, 0.25) is 10.0 Å². The highest BCUT2D eigenvalue weighted by Crippen LogP contribution is 2.29. The van der Waals surface area contributed by atoms with Crippen LogP contribution >= 0.6 is 23.2 Å². The molecule has 4 nitrogen and oxygen atoms in total. The Labute approximate surface area is 107 Å². The number of benzene rings is 1. The molecular weight excluding hydrogens is 263 g/mol. The maximum atomic E-state index is 11.1. The zero-order valence-electron chi connectivity index (χ0n) is 8.82. The molecule has 0 fully saturated rings. The van der Waals surface area contributed by atoms with Gasteiger partial charge in [-0.25, -0.2) is 9.48 Å². The van der Waals surface area contributed by atoms with Crippen molar-refractivity contribution in [2.45, 2.75) is 6.92 Å². The van der Waals surface area contributed by atoms with Gasteiger partial charge in [0.15, 0.2) is 5.69 Å². The van der Waals surface area contributed by atoms with Crippen molar-refractivity contribution in [3.05, 3.63) is 45.7 Å². The van der Waals surface area contributed by atoms with Crippen LogP contribution in [-0.2, 0) is 0 Å². The summed E-state index contributed by atoms with van der Waals surface area (Å²) in [4.78, 5) is 11.1. The van der Waals surface area contributed by atoms with Gasteiger partial charge in [0.25, 0.3) is 0 Å². The predicted molar refractivity (Wildman–Crippen MR) is 65.3 cm³/mol. The lowest BCUT2D eigenvalue weighted by atomic mass is 10.3. The monoisotopic (exact) mass is 270 g/mol. The van der Waals surface area contributed by atoms with Gasteiger partial charge in [-0.2, -0.15) is 5.10 Å². The topological polar surface area (TPSA) is 55.1 Å². The Bertz CT molecular complexity index is 573. The summed E-state index contributed by atoms with van der Waals surface area (Å²) < 4.78 is 1.24. The van der Waals surface area contributed by atoms with Crippen molar-refractivity contribution >= 4 is 29.2 Å². The zero-order valence-corrected chi connectivity index (χ0v) is 10.3. The molecule has 17 heavy (non-hydrogen) atoms. The van der Waals surface area contributed by atoms with Gasteiger partial charge < -0.3 is 5.11 Å². The third kappa shape index (κ3) is 2.14. The Hall–Kier alpha value is -1.52. The third-order valence-corrected chi connectivity index (χ3v) is 2.81. The van der Waals surface area contributed by atoms with E-state index in [4.69, 9.17) is 28.3 Å². The first-order valence-electron chi connectivity index (χ1n) is 4.75. The minimum absolute atomic E-state index is 0.0255. The van der Waals surface area contributed by atoms with Crippen molar-refractivity contribution in [1.82, 2.24) is 9.78 Å². The first-order chi connectivity index (χ1) is 8.00. The van der Waals surface area contributed by atoms with E-state index in [0.717, 1.165) is 0 Å². The minimum atomic E-state index is -1.08. The number of carboxylic acids is 1. The molecule has 0 aliphatic rings. The number of halogens is 2. The van der Waals surface area contributed by atoms with Gasteiger partial charge in [0.1, 0.15) is 5.69 Å². The second-order valence-corrected chi connectivity index (χ2v) is 4.27. The van der Waals surface area contributed by atoms with Crippen LogP contribution in [0.3, 0.4) is 0 Å². The Balaban J connectivity index is 2.72. The van der Waals surface area contributed by atoms with E-state index in [0.29, 0.717) is 21.4 Å². The summed E-state index contributed by atoms with van der Waals surface area (Å²) >= 11 is 12.0. The molecule has 0 aliphatic carbocycles. The van der Waals surface area contributed by atoms with Gasteiger partial charge in [0.2, 0.25) is 0 Å².